The Balaban J connectivity index is 0.00000162. The summed E-state index contributed by atoms with van der Waals surface area (Å²) >= 11 is 0. The topological polar surface area (TPSA) is 33.7 Å². The number of hydrogen-bond donors (Lipinski definition) is 1. The van der Waals surface area contributed by atoms with Crippen LogP contribution in [0.15, 0.2) is 0 Å². The monoisotopic (exact) mass is 278 g/mol. The van der Waals surface area contributed by atoms with Gasteiger partial charge < -0.3 is 19.7 Å². The van der Waals surface area contributed by atoms with E-state index in [9.17, 15) is 0 Å². The lowest BCUT2D eigenvalue weighted by molar-refractivity contribution is 0.0205. The van der Waals surface area contributed by atoms with Gasteiger partial charge in [0.1, 0.15) is 0 Å². The summed E-state index contributed by atoms with van der Waals surface area (Å²) in [7, 11) is 1.72. The molecular formula is C13H27ClN2O2. The standard InChI is InChI=1S/C13H26N2O2.ClH/c1-13(4-5-14-10-13)11-15-6-3-12(9-15)17-8-7-16-2;/h12,14H,3-11H2,1-2H3;1H. The predicted octanol–water partition coefficient (Wildman–Crippen LogP) is 1.15. The number of methoxy groups -OCH3 is 1. The number of halogens is 1. The second kappa shape index (κ2) is 7.65. The zero-order valence-corrected chi connectivity index (χ0v) is 12.4. The van der Waals surface area contributed by atoms with Gasteiger partial charge in [-0.05, 0) is 24.8 Å². The SMILES string of the molecule is COCCOC1CCN(CC2(C)CCNC2)C1.Cl. The molecule has 0 bridgehead atoms. The molecule has 0 aromatic rings. The predicted molar refractivity (Wildman–Crippen MR) is 75.5 cm³/mol. The second-order valence-corrected chi connectivity index (χ2v) is 5.75. The Hall–Kier alpha value is 0.130. The third kappa shape index (κ3) is 4.67. The summed E-state index contributed by atoms with van der Waals surface area (Å²) in [5.74, 6) is 0. The Morgan fingerprint density at radius 3 is 2.89 bits per heavy atom. The summed E-state index contributed by atoms with van der Waals surface area (Å²) in [6.45, 7) is 9.67. The van der Waals surface area contributed by atoms with Gasteiger partial charge in [0.15, 0.2) is 0 Å². The van der Waals surface area contributed by atoms with E-state index in [1.165, 1.54) is 39.0 Å². The van der Waals surface area contributed by atoms with Crippen LogP contribution in [0.4, 0.5) is 0 Å². The van der Waals surface area contributed by atoms with Gasteiger partial charge in [-0.1, -0.05) is 6.92 Å². The maximum absolute atomic E-state index is 5.79. The number of nitrogens with one attached hydrogen (secondary N) is 1. The average molecular weight is 279 g/mol. The van der Waals surface area contributed by atoms with Crippen LogP contribution in [0.1, 0.15) is 19.8 Å². The first kappa shape index (κ1) is 16.2. The summed E-state index contributed by atoms with van der Waals surface area (Å²) in [6, 6.07) is 0. The lowest BCUT2D eigenvalue weighted by atomic mass is 9.89. The van der Waals surface area contributed by atoms with Gasteiger partial charge in [-0.2, -0.15) is 0 Å². The zero-order chi connectivity index (χ0) is 12.1. The van der Waals surface area contributed by atoms with Crippen molar-refractivity contribution in [1.82, 2.24) is 10.2 Å². The first-order valence-corrected chi connectivity index (χ1v) is 6.75. The maximum atomic E-state index is 5.79. The van der Waals surface area contributed by atoms with Crippen LogP contribution in [-0.4, -0.2) is 64.1 Å². The first-order chi connectivity index (χ1) is 8.22. The Morgan fingerprint density at radius 1 is 1.39 bits per heavy atom. The van der Waals surface area contributed by atoms with Crippen molar-refractivity contribution in [1.29, 1.82) is 0 Å². The maximum Gasteiger partial charge on any atom is 0.0715 e. The van der Waals surface area contributed by atoms with Crippen molar-refractivity contribution in [2.45, 2.75) is 25.9 Å². The molecule has 2 atom stereocenters. The van der Waals surface area contributed by atoms with Crippen LogP contribution in [0.2, 0.25) is 0 Å². The van der Waals surface area contributed by atoms with Gasteiger partial charge in [-0.25, -0.2) is 0 Å². The number of ether oxygens (including phenoxy) is 2. The molecule has 108 valence electrons. The average Bonchev–Trinajstić information content (AvgIpc) is 2.89. The molecule has 2 fully saturated rings. The van der Waals surface area contributed by atoms with E-state index in [0.717, 1.165) is 13.2 Å². The van der Waals surface area contributed by atoms with Crippen molar-refractivity contribution < 1.29 is 9.47 Å². The van der Waals surface area contributed by atoms with Crippen molar-refractivity contribution in [3.05, 3.63) is 0 Å². The molecule has 2 saturated heterocycles. The van der Waals surface area contributed by atoms with Crippen LogP contribution in [-0.2, 0) is 9.47 Å². The van der Waals surface area contributed by atoms with E-state index in [1.807, 2.05) is 0 Å². The molecule has 0 aromatic heterocycles. The summed E-state index contributed by atoms with van der Waals surface area (Å²) in [5, 5.41) is 3.47. The normalized spacial score (nSPS) is 32.7. The molecule has 2 rings (SSSR count). The highest BCUT2D eigenvalue weighted by Crippen LogP contribution is 2.27. The van der Waals surface area contributed by atoms with Crippen molar-refractivity contribution >= 4 is 12.4 Å². The molecule has 5 heteroatoms. The summed E-state index contributed by atoms with van der Waals surface area (Å²) in [6.07, 6.45) is 2.90. The highest BCUT2D eigenvalue weighted by molar-refractivity contribution is 5.85. The summed E-state index contributed by atoms with van der Waals surface area (Å²) < 4.78 is 10.8. The molecule has 4 nitrogen and oxygen atoms in total. The van der Waals surface area contributed by atoms with Gasteiger partial charge >= 0.3 is 0 Å². The fourth-order valence-corrected chi connectivity index (χ4v) is 2.92. The third-order valence-corrected chi connectivity index (χ3v) is 3.93. The van der Waals surface area contributed by atoms with Crippen LogP contribution in [0, 0.1) is 5.41 Å². The molecule has 0 saturated carbocycles. The number of nitrogens with zero attached hydrogens (tertiary/aromatic N) is 1. The third-order valence-electron chi connectivity index (χ3n) is 3.93. The van der Waals surface area contributed by atoms with Crippen LogP contribution >= 0.6 is 12.4 Å². The van der Waals surface area contributed by atoms with Gasteiger partial charge in [-0.3, -0.25) is 0 Å². The van der Waals surface area contributed by atoms with Crippen molar-refractivity contribution in [3.8, 4) is 0 Å². The van der Waals surface area contributed by atoms with Crippen LogP contribution < -0.4 is 5.32 Å². The number of likely N-dealkylation sites (tertiary alicyclic amines) is 1. The van der Waals surface area contributed by atoms with Crippen LogP contribution in [0.25, 0.3) is 0 Å². The first-order valence-electron chi connectivity index (χ1n) is 6.75. The lowest BCUT2D eigenvalue weighted by Gasteiger charge is -2.29. The smallest absolute Gasteiger partial charge is 0.0715 e. The van der Waals surface area contributed by atoms with E-state index in [0.29, 0.717) is 18.1 Å². The van der Waals surface area contributed by atoms with E-state index in [4.69, 9.17) is 9.47 Å². The lowest BCUT2D eigenvalue weighted by Crippen LogP contribution is -2.36. The van der Waals surface area contributed by atoms with Gasteiger partial charge in [0.05, 0.1) is 19.3 Å². The van der Waals surface area contributed by atoms with E-state index in [-0.39, 0.29) is 12.4 Å². The molecule has 0 amide bonds. The molecule has 2 aliphatic heterocycles. The molecule has 2 unspecified atom stereocenters. The molecule has 0 radical (unpaired) electrons. The Bertz CT molecular complexity index is 235. The fourth-order valence-electron chi connectivity index (χ4n) is 2.92. The van der Waals surface area contributed by atoms with Crippen molar-refractivity contribution in [3.63, 3.8) is 0 Å². The van der Waals surface area contributed by atoms with Gasteiger partial charge in [0.25, 0.3) is 0 Å². The minimum atomic E-state index is 0. The van der Waals surface area contributed by atoms with Gasteiger partial charge in [-0.15, -0.1) is 12.4 Å². The van der Waals surface area contributed by atoms with Crippen LogP contribution in [0.3, 0.4) is 0 Å². The number of rotatable bonds is 6. The van der Waals surface area contributed by atoms with E-state index in [2.05, 4.69) is 17.1 Å². The molecular weight excluding hydrogens is 252 g/mol. The zero-order valence-electron chi connectivity index (χ0n) is 11.6. The minimum absolute atomic E-state index is 0. The molecule has 0 aliphatic carbocycles. The minimum Gasteiger partial charge on any atom is -0.382 e. The fraction of sp³-hybridized carbons (Fsp3) is 1.00. The summed E-state index contributed by atoms with van der Waals surface area (Å²) in [4.78, 5) is 2.56. The Morgan fingerprint density at radius 2 is 2.22 bits per heavy atom. The Kier molecular flexibility index (Phi) is 6.88. The summed E-state index contributed by atoms with van der Waals surface area (Å²) in [5.41, 5.74) is 0.474. The molecule has 2 heterocycles. The molecule has 0 aromatic carbocycles. The molecule has 18 heavy (non-hydrogen) atoms. The van der Waals surface area contributed by atoms with Crippen LogP contribution in [0.5, 0.6) is 0 Å². The number of hydrogen-bond acceptors (Lipinski definition) is 4. The highest BCUT2D eigenvalue weighted by atomic mass is 35.5. The van der Waals surface area contributed by atoms with E-state index in [1.54, 1.807) is 7.11 Å². The van der Waals surface area contributed by atoms with E-state index < -0.39 is 0 Å². The largest absolute Gasteiger partial charge is 0.382 e. The van der Waals surface area contributed by atoms with Crippen molar-refractivity contribution in [2.75, 3.05) is 53.0 Å². The second-order valence-electron chi connectivity index (χ2n) is 5.75. The van der Waals surface area contributed by atoms with Gasteiger partial charge in [0, 0.05) is 33.3 Å². The molecule has 2 aliphatic rings. The Labute approximate surface area is 117 Å². The quantitative estimate of drug-likeness (QED) is 0.739. The molecule has 1 N–H and O–H groups in total. The van der Waals surface area contributed by atoms with Gasteiger partial charge in [0.2, 0.25) is 0 Å². The van der Waals surface area contributed by atoms with E-state index >= 15 is 0 Å². The van der Waals surface area contributed by atoms with Crippen molar-refractivity contribution in [2.24, 2.45) is 5.41 Å². The highest BCUT2D eigenvalue weighted by Gasteiger charge is 2.33. The molecule has 0 spiro atoms.